The lowest BCUT2D eigenvalue weighted by Gasteiger charge is -2.10. The number of carbonyl (C=O) groups excluding carboxylic acids is 1. The number of aryl methyl sites for hydroxylation is 2. The third-order valence-corrected chi connectivity index (χ3v) is 5.14. The van der Waals surface area contributed by atoms with Crippen molar-refractivity contribution in [2.24, 2.45) is 5.10 Å². The van der Waals surface area contributed by atoms with Gasteiger partial charge in [-0.15, -0.1) is 0 Å². The number of furan rings is 1. The first kappa shape index (κ1) is 22.0. The molecule has 0 aliphatic heterocycles. The van der Waals surface area contributed by atoms with E-state index in [9.17, 15) is 4.79 Å². The second-order valence-corrected chi connectivity index (χ2v) is 7.44. The van der Waals surface area contributed by atoms with Crippen LogP contribution in [0.2, 0.25) is 0 Å². The lowest BCUT2D eigenvalue weighted by atomic mass is 10.2. The van der Waals surface area contributed by atoms with Crippen LogP contribution in [0, 0.1) is 13.8 Å². The number of para-hydroxylation sites is 1. The monoisotopic (exact) mass is 443 g/mol. The molecule has 2 aromatic heterocycles. The van der Waals surface area contributed by atoms with Crippen LogP contribution in [0.1, 0.15) is 33.3 Å². The molecule has 4 rings (SSSR count). The molecule has 1 amide bonds. The second-order valence-electron chi connectivity index (χ2n) is 7.44. The zero-order valence-corrected chi connectivity index (χ0v) is 18.7. The maximum Gasteiger partial charge on any atom is 0.307 e. The topological polar surface area (TPSA) is 78.0 Å². The molecule has 168 valence electrons. The number of nitrogens with one attached hydrogen (secondary N) is 1. The largest absolute Gasteiger partial charge is 0.496 e. The number of benzene rings is 2. The maximum absolute atomic E-state index is 12.3. The summed E-state index contributed by atoms with van der Waals surface area (Å²) in [4.78, 5) is 12.3. The molecule has 0 aliphatic rings. The lowest BCUT2D eigenvalue weighted by Crippen LogP contribution is -2.16. The molecular weight excluding hydrogens is 418 g/mol. The zero-order valence-electron chi connectivity index (χ0n) is 18.7. The molecule has 1 N–H and O–H groups in total. The molecule has 33 heavy (non-hydrogen) atoms. The highest BCUT2D eigenvalue weighted by Crippen LogP contribution is 2.21. The van der Waals surface area contributed by atoms with Gasteiger partial charge in [-0.05, 0) is 74.5 Å². The number of ether oxygens (including phenoxy) is 2. The van der Waals surface area contributed by atoms with Gasteiger partial charge < -0.3 is 18.5 Å². The fourth-order valence-electron chi connectivity index (χ4n) is 3.49. The van der Waals surface area contributed by atoms with Gasteiger partial charge in [0.05, 0.1) is 13.3 Å². The molecule has 0 spiro atoms. The molecule has 0 saturated carbocycles. The lowest BCUT2D eigenvalue weighted by molar-refractivity contribution is 0.0923. The van der Waals surface area contributed by atoms with Crippen molar-refractivity contribution in [3.63, 3.8) is 0 Å². The minimum atomic E-state index is -0.450. The van der Waals surface area contributed by atoms with Crippen LogP contribution in [0.25, 0.3) is 5.69 Å². The molecule has 0 saturated heterocycles. The van der Waals surface area contributed by atoms with Gasteiger partial charge in [0, 0.05) is 22.6 Å². The van der Waals surface area contributed by atoms with Crippen LogP contribution in [-0.4, -0.2) is 23.8 Å². The van der Waals surface area contributed by atoms with Gasteiger partial charge in [0.2, 0.25) is 0 Å². The summed E-state index contributed by atoms with van der Waals surface area (Å²) in [5, 5.41) is 3.97. The van der Waals surface area contributed by atoms with Crippen LogP contribution in [-0.2, 0) is 6.61 Å². The Morgan fingerprint density at radius 1 is 1.00 bits per heavy atom. The summed E-state index contributed by atoms with van der Waals surface area (Å²) in [6.45, 7) is 4.36. The number of carbonyl (C=O) groups is 1. The van der Waals surface area contributed by atoms with Crippen LogP contribution < -0.4 is 14.9 Å². The Morgan fingerprint density at radius 2 is 1.73 bits per heavy atom. The van der Waals surface area contributed by atoms with Gasteiger partial charge >= 0.3 is 5.91 Å². The third-order valence-electron chi connectivity index (χ3n) is 5.14. The summed E-state index contributed by atoms with van der Waals surface area (Å²) < 4.78 is 18.8. The van der Waals surface area contributed by atoms with Crippen molar-refractivity contribution in [1.82, 2.24) is 9.99 Å². The number of nitrogens with zero attached hydrogens (tertiary/aromatic N) is 2. The Bertz CT molecular complexity index is 1250. The molecule has 2 heterocycles. The van der Waals surface area contributed by atoms with Crippen molar-refractivity contribution in [1.29, 1.82) is 0 Å². The first-order valence-corrected chi connectivity index (χ1v) is 10.5. The maximum atomic E-state index is 12.3. The van der Waals surface area contributed by atoms with E-state index in [1.807, 2.05) is 48.5 Å². The van der Waals surface area contributed by atoms with Crippen LogP contribution in [0.4, 0.5) is 0 Å². The Balaban J connectivity index is 1.32. The minimum absolute atomic E-state index is 0.152. The van der Waals surface area contributed by atoms with E-state index in [-0.39, 0.29) is 12.4 Å². The Morgan fingerprint density at radius 3 is 2.45 bits per heavy atom. The summed E-state index contributed by atoms with van der Waals surface area (Å²) in [5.41, 5.74) is 6.63. The molecular formula is C26H25N3O4. The van der Waals surface area contributed by atoms with Crippen molar-refractivity contribution in [2.45, 2.75) is 20.5 Å². The standard InChI is InChI=1S/C26H25N3O4/c1-18-8-9-19(2)29(18)21-10-12-22(13-11-21)32-17-23-14-15-25(33-23)26(30)28-27-16-20-6-4-5-7-24(20)31-3/h4-16H,17H2,1-3H3,(H,28,30). The van der Waals surface area contributed by atoms with Crippen LogP contribution in [0.3, 0.4) is 0 Å². The molecule has 0 radical (unpaired) electrons. The van der Waals surface area contributed by atoms with Crippen LogP contribution in [0.5, 0.6) is 11.5 Å². The molecule has 0 aliphatic carbocycles. The van der Waals surface area contributed by atoms with E-state index in [0.717, 1.165) is 11.3 Å². The smallest absolute Gasteiger partial charge is 0.307 e. The number of rotatable bonds is 8. The normalized spacial score (nSPS) is 11.0. The van der Waals surface area contributed by atoms with E-state index in [2.05, 4.69) is 41.1 Å². The molecule has 7 heteroatoms. The van der Waals surface area contributed by atoms with Crippen LogP contribution >= 0.6 is 0 Å². The number of amides is 1. The summed E-state index contributed by atoms with van der Waals surface area (Å²) in [7, 11) is 1.58. The average Bonchev–Trinajstić information content (AvgIpc) is 3.44. The fourth-order valence-corrected chi connectivity index (χ4v) is 3.49. The minimum Gasteiger partial charge on any atom is -0.496 e. The number of methoxy groups -OCH3 is 1. The first-order valence-electron chi connectivity index (χ1n) is 10.5. The quantitative estimate of drug-likeness (QED) is 0.306. The third kappa shape index (κ3) is 5.15. The summed E-state index contributed by atoms with van der Waals surface area (Å²) in [6.07, 6.45) is 1.52. The van der Waals surface area contributed by atoms with Gasteiger partial charge in [-0.3, -0.25) is 4.79 Å². The molecule has 2 aromatic carbocycles. The zero-order chi connectivity index (χ0) is 23.2. The van der Waals surface area contributed by atoms with Crippen molar-refractivity contribution < 1.29 is 18.7 Å². The van der Waals surface area contributed by atoms with Crippen molar-refractivity contribution in [2.75, 3.05) is 7.11 Å². The number of hydrogen-bond donors (Lipinski definition) is 1. The van der Waals surface area contributed by atoms with Crippen LogP contribution in [0.15, 0.2) is 82.3 Å². The van der Waals surface area contributed by atoms with Gasteiger partial charge in [0.15, 0.2) is 5.76 Å². The van der Waals surface area contributed by atoms with Gasteiger partial charge in [-0.2, -0.15) is 5.10 Å². The summed E-state index contributed by atoms with van der Waals surface area (Å²) in [5.74, 6) is 1.62. The van der Waals surface area contributed by atoms with Crippen molar-refractivity contribution in [3.8, 4) is 17.2 Å². The van der Waals surface area contributed by atoms with E-state index in [1.54, 1.807) is 19.2 Å². The van der Waals surface area contributed by atoms with E-state index < -0.39 is 5.91 Å². The van der Waals surface area contributed by atoms with E-state index in [1.165, 1.54) is 17.6 Å². The predicted molar refractivity (Wildman–Crippen MR) is 126 cm³/mol. The highest BCUT2D eigenvalue weighted by atomic mass is 16.5. The van der Waals surface area contributed by atoms with Gasteiger partial charge in [0.25, 0.3) is 0 Å². The summed E-state index contributed by atoms with van der Waals surface area (Å²) in [6, 6.07) is 22.7. The number of hydrogen-bond acceptors (Lipinski definition) is 5. The molecule has 0 fully saturated rings. The van der Waals surface area contributed by atoms with Crippen molar-refractivity contribution in [3.05, 3.63) is 101 Å². The molecule has 0 unspecified atom stereocenters. The first-order chi connectivity index (χ1) is 16.0. The number of aromatic nitrogens is 1. The van der Waals surface area contributed by atoms with Gasteiger partial charge in [-0.1, -0.05) is 12.1 Å². The Kier molecular flexibility index (Phi) is 6.59. The van der Waals surface area contributed by atoms with Crippen molar-refractivity contribution >= 4 is 12.1 Å². The Labute approximate surface area is 192 Å². The predicted octanol–water partition coefficient (Wildman–Crippen LogP) is 5.04. The number of hydrazone groups is 1. The highest BCUT2D eigenvalue weighted by Gasteiger charge is 2.11. The van der Waals surface area contributed by atoms with Gasteiger partial charge in [-0.25, -0.2) is 5.43 Å². The van der Waals surface area contributed by atoms with E-state index in [0.29, 0.717) is 17.3 Å². The average molecular weight is 444 g/mol. The molecule has 7 nitrogen and oxygen atoms in total. The van der Waals surface area contributed by atoms with E-state index >= 15 is 0 Å². The molecule has 4 aromatic rings. The molecule has 0 bridgehead atoms. The summed E-state index contributed by atoms with van der Waals surface area (Å²) >= 11 is 0. The Hall–Kier alpha value is -4.26. The highest BCUT2D eigenvalue weighted by molar-refractivity contribution is 5.92. The van der Waals surface area contributed by atoms with E-state index in [4.69, 9.17) is 13.9 Å². The fraction of sp³-hybridized carbons (Fsp3) is 0.154. The van der Waals surface area contributed by atoms with Gasteiger partial charge in [0.1, 0.15) is 23.9 Å². The SMILES string of the molecule is COc1ccccc1C=NNC(=O)c1ccc(COc2ccc(-n3c(C)ccc3C)cc2)o1. The molecule has 0 atom stereocenters. The second kappa shape index (κ2) is 9.91.